The molecule has 0 radical (unpaired) electrons. The van der Waals surface area contributed by atoms with Crippen molar-refractivity contribution in [3.05, 3.63) is 65.5 Å². The van der Waals surface area contributed by atoms with E-state index in [1.807, 2.05) is 0 Å². The molecular weight excluding hydrogens is 386 g/mol. The van der Waals surface area contributed by atoms with Crippen molar-refractivity contribution < 1.29 is 19.2 Å². The Labute approximate surface area is 171 Å². The fourth-order valence-corrected chi connectivity index (χ4v) is 3.37. The summed E-state index contributed by atoms with van der Waals surface area (Å²) in [5, 5.41) is 5.36. The van der Waals surface area contributed by atoms with Crippen molar-refractivity contribution >= 4 is 34.7 Å². The molecule has 3 N–H and O–H groups in total. The maximum absolute atomic E-state index is 12.5. The van der Waals surface area contributed by atoms with E-state index in [2.05, 4.69) is 20.6 Å². The molecule has 0 bridgehead atoms. The van der Waals surface area contributed by atoms with Crippen LogP contribution in [0.5, 0.6) is 0 Å². The van der Waals surface area contributed by atoms with Gasteiger partial charge in [-0.05, 0) is 37.3 Å². The highest BCUT2D eigenvalue weighted by atomic mass is 16.2. The van der Waals surface area contributed by atoms with Gasteiger partial charge in [0.15, 0.2) is 0 Å². The minimum absolute atomic E-state index is 0.157. The Hall–Kier alpha value is -4.01. The van der Waals surface area contributed by atoms with Gasteiger partial charge >= 0.3 is 0 Å². The zero-order chi connectivity index (χ0) is 21.3. The van der Waals surface area contributed by atoms with Crippen LogP contribution in [-0.2, 0) is 4.79 Å². The SMILES string of the molecule is CC(C(=O)NCCNC(=O)c1ccc2nc[nH]c2c1)N1C(=O)c2ccccc2C1=O. The third-order valence-corrected chi connectivity index (χ3v) is 4.98. The highest BCUT2D eigenvalue weighted by Crippen LogP contribution is 2.24. The zero-order valence-electron chi connectivity index (χ0n) is 16.1. The van der Waals surface area contributed by atoms with Crippen LogP contribution in [0.15, 0.2) is 48.8 Å². The minimum Gasteiger partial charge on any atom is -0.353 e. The van der Waals surface area contributed by atoms with E-state index in [0.29, 0.717) is 16.7 Å². The van der Waals surface area contributed by atoms with E-state index >= 15 is 0 Å². The molecule has 30 heavy (non-hydrogen) atoms. The zero-order valence-corrected chi connectivity index (χ0v) is 16.1. The Balaban J connectivity index is 1.29. The Bertz CT molecular complexity index is 1130. The number of H-pyrrole nitrogens is 1. The number of amides is 4. The third-order valence-electron chi connectivity index (χ3n) is 4.98. The summed E-state index contributed by atoms with van der Waals surface area (Å²) < 4.78 is 0. The lowest BCUT2D eigenvalue weighted by Gasteiger charge is -2.21. The second kappa shape index (κ2) is 7.78. The molecule has 0 spiro atoms. The molecule has 0 aliphatic carbocycles. The first-order chi connectivity index (χ1) is 14.5. The lowest BCUT2D eigenvalue weighted by atomic mass is 10.1. The first-order valence-corrected chi connectivity index (χ1v) is 9.43. The monoisotopic (exact) mass is 405 g/mol. The predicted molar refractivity (Wildman–Crippen MR) is 108 cm³/mol. The highest BCUT2D eigenvalue weighted by Gasteiger charge is 2.40. The summed E-state index contributed by atoms with van der Waals surface area (Å²) in [6.07, 6.45) is 1.55. The van der Waals surface area contributed by atoms with E-state index in [-0.39, 0.29) is 19.0 Å². The van der Waals surface area contributed by atoms with E-state index in [0.717, 1.165) is 15.9 Å². The summed E-state index contributed by atoms with van der Waals surface area (Å²) >= 11 is 0. The van der Waals surface area contributed by atoms with Gasteiger partial charge in [0.05, 0.1) is 28.5 Å². The van der Waals surface area contributed by atoms with Gasteiger partial charge in [-0.2, -0.15) is 0 Å². The third kappa shape index (κ3) is 3.41. The minimum atomic E-state index is -0.962. The van der Waals surface area contributed by atoms with E-state index in [1.54, 1.807) is 48.8 Å². The largest absolute Gasteiger partial charge is 0.353 e. The van der Waals surface area contributed by atoms with Gasteiger partial charge in [-0.15, -0.1) is 0 Å². The van der Waals surface area contributed by atoms with Gasteiger partial charge in [-0.25, -0.2) is 4.98 Å². The number of rotatable bonds is 6. The van der Waals surface area contributed by atoms with Gasteiger partial charge in [0.2, 0.25) is 5.91 Å². The van der Waals surface area contributed by atoms with Gasteiger partial charge in [0.1, 0.15) is 6.04 Å². The number of aromatic nitrogens is 2. The average Bonchev–Trinajstić information content (AvgIpc) is 3.33. The van der Waals surface area contributed by atoms with Crippen molar-refractivity contribution in [2.24, 2.45) is 0 Å². The van der Waals surface area contributed by atoms with Crippen molar-refractivity contribution in [3.63, 3.8) is 0 Å². The number of carbonyl (C=O) groups excluding carboxylic acids is 4. The molecule has 3 aromatic rings. The molecule has 152 valence electrons. The molecule has 0 fully saturated rings. The number of benzene rings is 2. The van der Waals surface area contributed by atoms with Crippen molar-refractivity contribution in [3.8, 4) is 0 Å². The first kappa shape index (κ1) is 19.3. The molecule has 1 unspecified atom stereocenters. The number of carbonyl (C=O) groups is 4. The van der Waals surface area contributed by atoms with E-state index in [9.17, 15) is 19.2 Å². The molecule has 1 aliphatic heterocycles. The maximum atomic E-state index is 12.5. The molecule has 4 rings (SSSR count). The highest BCUT2D eigenvalue weighted by molar-refractivity contribution is 6.22. The number of nitrogens with one attached hydrogen (secondary N) is 3. The predicted octanol–water partition coefficient (Wildman–Crippen LogP) is 1.09. The summed E-state index contributed by atoms with van der Waals surface area (Å²) in [5.41, 5.74) is 2.58. The second-order valence-electron chi connectivity index (χ2n) is 6.88. The van der Waals surface area contributed by atoms with Crippen molar-refractivity contribution in [1.29, 1.82) is 0 Å². The molecule has 9 nitrogen and oxygen atoms in total. The Morgan fingerprint density at radius 2 is 1.70 bits per heavy atom. The van der Waals surface area contributed by atoms with Gasteiger partial charge in [-0.3, -0.25) is 24.1 Å². The van der Waals surface area contributed by atoms with E-state index < -0.39 is 23.8 Å². The second-order valence-corrected chi connectivity index (χ2v) is 6.88. The van der Waals surface area contributed by atoms with Gasteiger partial charge in [0, 0.05) is 18.7 Å². The summed E-state index contributed by atoms with van der Waals surface area (Å²) in [7, 11) is 0. The van der Waals surface area contributed by atoms with Crippen molar-refractivity contribution in [1.82, 2.24) is 25.5 Å². The lowest BCUT2D eigenvalue weighted by molar-refractivity contribution is -0.124. The van der Waals surface area contributed by atoms with Crippen LogP contribution in [0.3, 0.4) is 0 Å². The smallest absolute Gasteiger partial charge is 0.262 e. The number of hydrogen-bond acceptors (Lipinski definition) is 5. The molecule has 0 saturated heterocycles. The standard InChI is InChI=1S/C21H19N5O4/c1-12(26-20(29)14-4-2-3-5-15(14)21(26)30)18(27)22-8-9-23-19(28)13-6-7-16-17(10-13)25-11-24-16/h2-7,10-12H,8-9H2,1H3,(H,22,27)(H,23,28)(H,24,25). The van der Waals surface area contributed by atoms with Crippen LogP contribution < -0.4 is 10.6 Å². The average molecular weight is 405 g/mol. The number of nitrogens with zero attached hydrogens (tertiary/aromatic N) is 2. The van der Waals surface area contributed by atoms with Crippen LogP contribution in [0.25, 0.3) is 11.0 Å². The molecule has 9 heteroatoms. The van der Waals surface area contributed by atoms with Crippen LogP contribution in [0, 0.1) is 0 Å². The van der Waals surface area contributed by atoms with Gasteiger partial charge in [0.25, 0.3) is 17.7 Å². The van der Waals surface area contributed by atoms with E-state index in [4.69, 9.17) is 0 Å². The summed E-state index contributed by atoms with van der Waals surface area (Å²) in [6.45, 7) is 1.85. The molecular formula is C21H19N5O4. The summed E-state index contributed by atoms with van der Waals surface area (Å²) in [5.74, 6) is -1.73. The van der Waals surface area contributed by atoms with Crippen LogP contribution in [0.2, 0.25) is 0 Å². The molecule has 2 aromatic carbocycles. The van der Waals surface area contributed by atoms with E-state index in [1.165, 1.54) is 6.92 Å². The fourth-order valence-electron chi connectivity index (χ4n) is 3.37. The molecule has 1 atom stereocenters. The summed E-state index contributed by atoms with van der Waals surface area (Å²) in [6, 6.07) is 10.6. The van der Waals surface area contributed by atoms with Crippen molar-refractivity contribution in [2.75, 3.05) is 13.1 Å². The molecule has 0 saturated carbocycles. The number of hydrogen-bond donors (Lipinski definition) is 3. The Morgan fingerprint density at radius 3 is 2.40 bits per heavy atom. The number of imidazole rings is 1. The molecule has 1 aromatic heterocycles. The number of fused-ring (bicyclic) bond motifs is 2. The van der Waals surface area contributed by atoms with Crippen LogP contribution >= 0.6 is 0 Å². The summed E-state index contributed by atoms with van der Waals surface area (Å²) in [4.78, 5) is 57.6. The Morgan fingerprint density at radius 1 is 1.03 bits per heavy atom. The molecule has 1 aliphatic rings. The van der Waals surface area contributed by atoms with Gasteiger partial charge in [-0.1, -0.05) is 12.1 Å². The Kier molecular flexibility index (Phi) is 5.01. The molecule has 4 amide bonds. The lowest BCUT2D eigenvalue weighted by Crippen LogP contribution is -2.49. The quantitative estimate of drug-likeness (QED) is 0.418. The topological polar surface area (TPSA) is 124 Å². The normalized spacial score (nSPS) is 14.0. The molecule has 2 heterocycles. The van der Waals surface area contributed by atoms with Crippen molar-refractivity contribution in [2.45, 2.75) is 13.0 Å². The maximum Gasteiger partial charge on any atom is 0.262 e. The first-order valence-electron chi connectivity index (χ1n) is 9.43. The van der Waals surface area contributed by atoms with Crippen LogP contribution in [-0.4, -0.2) is 57.6 Å². The fraction of sp³-hybridized carbons (Fsp3) is 0.190. The number of imide groups is 1. The van der Waals surface area contributed by atoms with Gasteiger partial charge < -0.3 is 15.6 Å². The number of aromatic amines is 1. The van der Waals surface area contributed by atoms with Crippen LogP contribution in [0.4, 0.5) is 0 Å². The van der Waals surface area contributed by atoms with Crippen LogP contribution in [0.1, 0.15) is 38.0 Å².